The van der Waals surface area contributed by atoms with Crippen LogP contribution in [-0.4, -0.2) is 35.5 Å². The number of carbonyl (C=O) groups is 1. The maximum atomic E-state index is 12.4. The zero-order valence-corrected chi connectivity index (χ0v) is 15.0. The molecule has 1 aromatic rings. The van der Waals surface area contributed by atoms with E-state index in [0.29, 0.717) is 0 Å². The Hall–Kier alpha value is -0.870. The van der Waals surface area contributed by atoms with E-state index in [2.05, 4.69) is 46.9 Å². The summed E-state index contributed by atoms with van der Waals surface area (Å²) in [7, 11) is 0. The van der Waals surface area contributed by atoms with Crippen molar-refractivity contribution >= 4 is 21.8 Å². The molecule has 0 saturated carbocycles. The van der Waals surface area contributed by atoms with Gasteiger partial charge in [0.15, 0.2) is 0 Å². The van der Waals surface area contributed by atoms with E-state index >= 15 is 0 Å². The van der Waals surface area contributed by atoms with Gasteiger partial charge in [-0.1, -0.05) is 6.07 Å². The van der Waals surface area contributed by atoms with Crippen LogP contribution in [-0.2, 0) is 0 Å². The van der Waals surface area contributed by atoms with Crippen molar-refractivity contribution in [1.29, 1.82) is 0 Å². The lowest BCUT2D eigenvalue weighted by atomic mass is 9.98. The first kappa shape index (κ1) is 16.5. The normalized spacial score (nSPS) is 17.8. The molecule has 0 spiro atoms. The van der Waals surface area contributed by atoms with Crippen molar-refractivity contribution in [3.8, 4) is 0 Å². The van der Waals surface area contributed by atoms with E-state index in [0.717, 1.165) is 41.5 Å². The van der Waals surface area contributed by atoms with E-state index in [1.807, 2.05) is 25.1 Å². The predicted molar refractivity (Wildman–Crippen MR) is 90.7 cm³/mol. The van der Waals surface area contributed by atoms with Gasteiger partial charge in [0.05, 0.1) is 5.56 Å². The fraction of sp³-hybridized carbons (Fsp3) is 0.588. The molecule has 0 unspecified atom stereocenters. The first-order chi connectivity index (χ1) is 9.77. The van der Waals surface area contributed by atoms with Gasteiger partial charge in [-0.15, -0.1) is 0 Å². The highest BCUT2D eigenvalue weighted by Gasteiger charge is 2.27. The molecule has 1 N–H and O–H groups in total. The molecule has 0 atom stereocenters. The number of aryl methyl sites for hydroxylation is 1. The summed E-state index contributed by atoms with van der Waals surface area (Å²) in [4.78, 5) is 14.9. The number of benzene rings is 1. The Labute approximate surface area is 136 Å². The first-order valence-corrected chi connectivity index (χ1v) is 8.39. The van der Waals surface area contributed by atoms with E-state index in [9.17, 15) is 4.79 Å². The van der Waals surface area contributed by atoms with Crippen LogP contribution >= 0.6 is 15.9 Å². The lowest BCUT2D eigenvalue weighted by Crippen LogP contribution is -2.50. The molecule has 1 amide bonds. The monoisotopic (exact) mass is 352 g/mol. The van der Waals surface area contributed by atoms with Gasteiger partial charge in [0, 0.05) is 29.1 Å². The average molecular weight is 353 g/mol. The van der Waals surface area contributed by atoms with Crippen molar-refractivity contribution in [3.63, 3.8) is 0 Å². The number of rotatable bonds is 2. The highest BCUT2D eigenvalue weighted by molar-refractivity contribution is 9.10. The molecule has 1 fully saturated rings. The molecule has 3 nitrogen and oxygen atoms in total. The summed E-state index contributed by atoms with van der Waals surface area (Å²) in [6.07, 6.45) is 2.04. The second-order valence-electron chi connectivity index (χ2n) is 6.89. The Morgan fingerprint density at radius 2 is 1.90 bits per heavy atom. The topological polar surface area (TPSA) is 32.3 Å². The number of hydrogen-bond acceptors (Lipinski definition) is 2. The molecule has 0 radical (unpaired) electrons. The summed E-state index contributed by atoms with van der Waals surface area (Å²) in [6, 6.07) is 6.13. The maximum Gasteiger partial charge on any atom is 0.252 e. The van der Waals surface area contributed by atoms with Crippen LogP contribution < -0.4 is 5.32 Å². The molecule has 1 aromatic carbocycles. The third kappa shape index (κ3) is 4.30. The largest absolute Gasteiger partial charge is 0.349 e. The number of likely N-dealkylation sites (tertiary alicyclic amines) is 1. The van der Waals surface area contributed by atoms with Crippen molar-refractivity contribution < 1.29 is 4.79 Å². The van der Waals surface area contributed by atoms with Crippen molar-refractivity contribution in [1.82, 2.24) is 10.2 Å². The third-order valence-corrected chi connectivity index (χ3v) is 4.80. The number of piperidine rings is 1. The van der Waals surface area contributed by atoms with Crippen LogP contribution in [0.4, 0.5) is 0 Å². The van der Waals surface area contributed by atoms with E-state index in [4.69, 9.17) is 0 Å². The third-order valence-electron chi connectivity index (χ3n) is 4.15. The molecule has 21 heavy (non-hydrogen) atoms. The van der Waals surface area contributed by atoms with Gasteiger partial charge < -0.3 is 5.32 Å². The highest BCUT2D eigenvalue weighted by atomic mass is 79.9. The van der Waals surface area contributed by atoms with Gasteiger partial charge in [0.25, 0.3) is 5.91 Å². The molecule has 1 saturated heterocycles. The van der Waals surface area contributed by atoms with E-state index < -0.39 is 0 Å². The minimum atomic E-state index is 0.0242. The molecule has 0 aliphatic carbocycles. The molecule has 4 heteroatoms. The molecule has 1 heterocycles. The zero-order valence-electron chi connectivity index (χ0n) is 13.4. The van der Waals surface area contributed by atoms with Crippen LogP contribution in [0.15, 0.2) is 22.7 Å². The standard InChI is InChI=1S/C17H25BrN2O/c1-12-5-6-14(15(18)11-12)16(21)19-13-7-9-20(10-8-13)17(2,3)4/h5-6,11,13H,7-10H2,1-4H3,(H,19,21). The van der Waals surface area contributed by atoms with Crippen LogP contribution in [0.25, 0.3) is 0 Å². The molecule has 0 bridgehead atoms. The van der Waals surface area contributed by atoms with Crippen molar-refractivity contribution in [3.05, 3.63) is 33.8 Å². The molecule has 1 aliphatic heterocycles. The minimum absolute atomic E-state index is 0.0242. The maximum absolute atomic E-state index is 12.4. The number of nitrogens with one attached hydrogen (secondary N) is 1. The summed E-state index contributed by atoms with van der Waals surface area (Å²) in [5.74, 6) is 0.0242. The lowest BCUT2D eigenvalue weighted by molar-refractivity contribution is 0.0812. The fourth-order valence-corrected chi connectivity index (χ4v) is 3.44. The summed E-state index contributed by atoms with van der Waals surface area (Å²) >= 11 is 3.48. The van der Waals surface area contributed by atoms with E-state index in [1.54, 1.807) is 0 Å². The van der Waals surface area contributed by atoms with Gasteiger partial charge in [0.2, 0.25) is 0 Å². The Morgan fingerprint density at radius 1 is 1.29 bits per heavy atom. The Bertz CT molecular complexity index is 514. The van der Waals surface area contributed by atoms with Gasteiger partial charge in [-0.2, -0.15) is 0 Å². The molecule has 2 rings (SSSR count). The van der Waals surface area contributed by atoms with Crippen LogP contribution in [0.3, 0.4) is 0 Å². The summed E-state index contributed by atoms with van der Waals surface area (Å²) in [6.45, 7) is 10.8. The molecule has 116 valence electrons. The Morgan fingerprint density at radius 3 is 2.43 bits per heavy atom. The second kappa shape index (κ2) is 6.49. The van der Waals surface area contributed by atoms with Crippen LogP contribution in [0.1, 0.15) is 49.5 Å². The first-order valence-electron chi connectivity index (χ1n) is 7.59. The second-order valence-corrected chi connectivity index (χ2v) is 7.74. The SMILES string of the molecule is Cc1ccc(C(=O)NC2CCN(C(C)(C)C)CC2)c(Br)c1. The summed E-state index contributed by atoms with van der Waals surface area (Å²) in [5, 5.41) is 3.17. The fourth-order valence-electron chi connectivity index (χ4n) is 2.76. The minimum Gasteiger partial charge on any atom is -0.349 e. The molecule has 0 aromatic heterocycles. The Balaban J connectivity index is 1.93. The van der Waals surface area contributed by atoms with Gasteiger partial charge in [-0.3, -0.25) is 9.69 Å². The average Bonchev–Trinajstić information content (AvgIpc) is 2.38. The van der Waals surface area contributed by atoms with Gasteiger partial charge >= 0.3 is 0 Å². The number of hydrogen-bond donors (Lipinski definition) is 1. The van der Waals surface area contributed by atoms with Crippen LogP contribution in [0, 0.1) is 6.92 Å². The molecular formula is C17H25BrN2O. The number of amides is 1. The lowest BCUT2D eigenvalue weighted by Gasteiger charge is -2.41. The van der Waals surface area contributed by atoms with Gasteiger partial charge in [-0.25, -0.2) is 0 Å². The van der Waals surface area contributed by atoms with Crippen molar-refractivity contribution in [2.24, 2.45) is 0 Å². The molecular weight excluding hydrogens is 328 g/mol. The number of carbonyl (C=O) groups excluding carboxylic acids is 1. The van der Waals surface area contributed by atoms with Crippen molar-refractivity contribution in [2.75, 3.05) is 13.1 Å². The smallest absolute Gasteiger partial charge is 0.252 e. The predicted octanol–water partition coefficient (Wildman–Crippen LogP) is 3.75. The summed E-state index contributed by atoms with van der Waals surface area (Å²) < 4.78 is 0.868. The van der Waals surface area contributed by atoms with E-state index in [1.165, 1.54) is 0 Å². The van der Waals surface area contributed by atoms with E-state index in [-0.39, 0.29) is 17.5 Å². The zero-order chi connectivity index (χ0) is 15.6. The number of nitrogens with zero attached hydrogens (tertiary/aromatic N) is 1. The molecule has 1 aliphatic rings. The quantitative estimate of drug-likeness (QED) is 0.878. The van der Waals surface area contributed by atoms with Crippen LogP contribution in [0.2, 0.25) is 0 Å². The Kier molecular flexibility index (Phi) is 5.10. The van der Waals surface area contributed by atoms with Crippen molar-refractivity contribution in [2.45, 2.75) is 52.1 Å². The summed E-state index contributed by atoms with van der Waals surface area (Å²) in [5.41, 5.74) is 2.09. The highest BCUT2D eigenvalue weighted by Crippen LogP contribution is 2.22. The number of halogens is 1. The van der Waals surface area contributed by atoms with Gasteiger partial charge in [-0.05, 0) is 74.2 Å². The van der Waals surface area contributed by atoms with Gasteiger partial charge in [0.1, 0.15) is 0 Å². The van der Waals surface area contributed by atoms with Crippen LogP contribution in [0.5, 0.6) is 0 Å².